The van der Waals surface area contributed by atoms with Gasteiger partial charge >= 0.3 is 0 Å². The fourth-order valence-corrected chi connectivity index (χ4v) is 1.79. The quantitative estimate of drug-likeness (QED) is 0.817. The molecule has 2 amide bonds. The molecule has 5 heteroatoms. The Morgan fingerprint density at radius 1 is 1.24 bits per heavy atom. The van der Waals surface area contributed by atoms with Crippen LogP contribution in [-0.2, 0) is 9.59 Å². The highest BCUT2D eigenvalue weighted by atomic mass is 35.5. The summed E-state index contributed by atoms with van der Waals surface area (Å²) in [5, 5.41) is 6.24. The molecule has 0 atom stereocenters. The summed E-state index contributed by atoms with van der Waals surface area (Å²) < 4.78 is 0. The molecule has 0 aliphatic rings. The van der Waals surface area contributed by atoms with Gasteiger partial charge in [-0.05, 0) is 31.0 Å². The maximum Gasteiger partial charge on any atom is 0.225 e. The van der Waals surface area contributed by atoms with E-state index in [2.05, 4.69) is 10.6 Å². The van der Waals surface area contributed by atoms with E-state index in [0.29, 0.717) is 30.1 Å². The van der Waals surface area contributed by atoms with E-state index in [9.17, 15) is 9.59 Å². The van der Waals surface area contributed by atoms with Crippen LogP contribution >= 0.6 is 11.6 Å². The number of halogens is 1. The van der Waals surface area contributed by atoms with Gasteiger partial charge in [-0.15, -0.1) is 0 Å². The predicted octanol–water partition coefficient (Wildman–Crippen LogP) is 3.53. The molecule has 0 saturated heterocycles. The van der Waals surface area contributed by atoms with E-state index in [4.69, 9.17) is 11.6 Å². The average Bonchev–Trinajstić information content (AvgIpc) is 2.37. The number of nitrogens with one attached hydrogen (secondary N) is 2. The predicted molar refractivity (Wildman–Crippen MR) is 86.5 cm³/mol. The summed E-state index contributed by atoms with van der Waals surface area (Å²) in [4.78, 5) is 23.4. The maximum absolute atomic E-state index is 11.8. The van der Waals surface area contributed by atoms with Crippen LogP contribution in [0.5, 0.6) is 0 Å². The van der Waals surface area contributed by atoms with Crippen LogP contribution < -0.4 is 10.6 Å². The summed E-state index contributed by atoms with van der Waals surface area (Å²) in [6.45, 7) is 7.98. The van der Waals surface area contributed by atoms with Crippen molar-refractivity contribution >= 4 is 29.1 Å². The van der Waals surface area contributed by atoms with Gasteiger partial charge in [-0.3, -0.25) is 9.59 Å². The first-order valence-corrected chi connectivity index (χ1v) is 7.42. The van der Waals surface area contributed by atoms with E-state index in [1.807, 2.05) is 39.8 Å². The van der Waals surface area contributed by atoms with E-state index in [1.54, 1.807) is 6.07 Å². The van der Waals surface area contributed by atoms with Crippen LogP contribution in [0.15, 0.2) is 18.2 Å². The Kier molecular flexibility index (Phi) is 6.21. The molecule has 0 radical (unpaired) electrons. The highest BCUT2D eigenvalue weighted by Crippen LogP contribution is 2.20. The maximum atomic E-state index is 11.8. The molecule has 0 aliphatic heterocycles. The first-order chi connectivity index (χ1) is 9.70. The second-order valence-electron chi connectivity index (χ2n) is 6.12. The van der Waals surface area contributed by atoms with Gasteiger partial charge in [0.25, 0.3) is 0 Å². The summed E-state index contributed by atoms with van der Waals surface area (Å²) in [5.74, 6) is -0.0897. The summed E-state index contributed by atoms with van der Waals surface area (Å²) in [6.07, 6.45) is 0.961. The Bertz CT molecular complexity index is 521. The molecule has 1 rings (SSSR count). The van der Waals surface area contributed by atoms with Gasteiger partial charge in [-0.1, -0.05) is 38.4 Å². The minimum atomic E-state index is -0.402. The molecule has 0 spiro atoms. The molecular weight excluding hydrogens is 288 g/mol. The van der Waals surface area contributed by atoms with Crippen molar-refractivity contribution in [2.45, 2.75) is 40.5 Å². The lowest BCUT2D eigenvalue weighted by molar-refractivity contribution is -0.128. The number of hydrogen-bond acceptors (Lipinski definition) is 2. The number of aryl methyl sites for hydroxylation is 1. The third kappa shape index (κ3) is 6.17. The molecule has 4 nitrogen and oxygen atoms in total. The minimum Gasteiger partial charge on any atom is -0.356 e. The smallest absolute Gasteiger partial charge is 0.225 e. The Morgan fingerprint density at radius 3 is 2.48 bits per heavy atom. The standard InChI is InChI=1S/C16H23ClN2O2/c1-11-7-8-12(10-13(11)17)19-14(20)6-5-9-18-15(21)16(2,3)4/h7-8,10H,5-6,9H2,1-4H3,(H,18,21)(H,19,20). The molecule has 1 aromatic carbocycles. The molecule has 0 aromatic heterocycles. The third-order valence-corrected chi connectivity index (χ3v) is 3.41. The number of carbonyl (C=O) groups excluding carboxylic acids is 2. The van der Waals surface area contributed by atoms with Crippen molar-refractivity contribution < 1.29 is 9.59 Å². The fraction of sp³-hybridized carbons (Fsp3) is 0.500. The van der Waals surface area contributed by atoms with Crippen molar-refractivity contribution in [2.75, 3.05) is 11.9 Å². The van der Waals surface area contributed by atoms with Gasteiger partial charge in [-0.2, -0.15) is 0 Å². The zero-order valence-electron chi connectivity index (χ0n) is 13.0. The number of anilines is 1. The van der Waals surface area contributed by atoms with Crippen molar-refractivity contribution in [3.05, 3.63) is 28.8 Å². The number of rotatable bonds is 5. The Balaban J connectivity index is 2.32. The summed E-state index contributed by atoms with van der Waals surface area (Å²) in [7, 11) is 0. The fourth-order valence-electron chi connectivity index (χ4n) is 1.61. The molecule has 116 valence electrons. The molecule has 21 heavy (non-hydrogen) atoms. The average molecular weight is 311 g/mol. The highest BCUT2D eigenvalue weighted by Gasteiger charge is 2.20. The first-order valence-electron chi connectivity index (χ1n) is 7.04. The van der Waals surface area contributed by atoms with Gasteiger partial charge in [0.05, 0.1) is 0 Å². The molecule has 0 saturated carbocycles. The van der Waals surface area contributed by atoms with Crippen molar-refractivity contribution in [3.8, 4) is 0 Å². The van der Waals surface area contributed by atoms with Crippen LogP contribution in [0, 0.1) is 12.3 Å². The molecule has 0 heterocycles. The summed E-state index contributed by atoms with van der Waals surface area (Å²) in [6, 6.07) is 5.41. The molecule has 0 unspecified atom stereocenters. The number of carbonyl (C=O) groups is 2. The van der Waals surface area contributed by atoms with Crippen molar-refractivity contribution in [3.63, 3.8) is 0 Å². The Labute approximate surface area is 131 Å². The Morgan fingerprint density at radius 2 is 1.90 bits per heavy atom. The molecular formula is C16H23ClN2O2. The molecule has 2 N–H and O–H groups in total. The second-order valence-corrected chi connectivity index (χ2v) is 6.53. The molecule has 0 aliphatic carbocycles. The van der Waals surface area contributed by atoms with Crippen molar-refractivity contribution in [1.82, 2.24) is 5.32 Å². The second kappa shape index (κ2) is 7.46. The molecule has 0 fully saturated rings. The largest absolute Gasteiger partial charge is 0.356 e. The lowest BCUT2D eigenvalue weighted by Crippen LogP contribution is -2.35. The van der Waals surface area contributed by atoms with E-state index in [-0.39, 0.29) is 11.8 Å². The van der Waals surface area contributed by atoms with Crippen LogP contribution in [0.25, 0.3) is 0 Å². The number of hydrogen-bond donors (Lipinski definition) is 2. The zero-order chi connectivity index (χ0) is 16.0. The van der Waals surface area contributed by atoms with Crippen LogP contribution in [0.4, 0.5) is 5.69 Å². The summed E-state index contributed by atoms with van der Waals surface area (Å²) in [5.41, 5.74) is 1.26. The molecule has 0 bridgehead atoms. The molecule has 1 aromatic rings. The van der Waals surface area contributed by atoms with E-state index in [1.165, 1.54) is 0 Å². The van der Waals surface area contributed by atoms with E-state index >= 15 is 0 Å². The summed E-state index contributed by atoms with van der Waals surface area (Å²) >= 11 is 6.00. The minimum absolute atomic E-state index is 0.00627. The zero-order valence-corrected chi connectivity index (χ0v) is 13.8. The van der Waals surface area contributed by atoms with Gasteiger partial charge < -0.3 is 10.6 Å². The van der Waals surface area contributed by atoms with Gasteiger partial charge in [-0.25, -0.2) is 0 Å². The topological polar surface area (TPSA) is 58.2 Å². The van der Waals surface area contributed by atoms with E-state index < -0.39 is 5.41 Å². The van der Waals surface area contributed by atoms with Crippen LogP contribution in [0.1, 0.15) is 39.2 Å². The van der Waals surface area contributed by atoms with Gasteiger partial charge in [0.1, 0.15) is 0 Å². The lowest BCUT2D eigenvalue weighted by atomic mass is 9.96. The van der Waals surface area contributed by atoms with E-state index in [0.717, 1.165) is 5.56 Å². The van der Waals surface area contributed by atoms with Crippen LogP contribution in [0.3, 0.4) is 0 Å². The first kappa shape index (κ1) is 17.5. The monoisotopic (exact) mass is 310 g/mol. The van der Waals surface area contributed by atoms with Crippen molar-refractivity contribution in [1.29, 1.82) is 0 Å². The number of benzene rings is 1. The van der Waals surface area contributed by atoms with Crippen molar-refractivity contribution in [2.24, 2.45) is 5.41 Å². The number of amides is 2. The highest BCUT2D eigenvalue weighted by molar-refractivity contribution is 6.31. The van der Waals surface area contributed by atoms with Gasteiger partial charge in [0.2, 0.25) is 11.8 Å². The third-order valence-electron chi connectivity index (χ3n) is 3.00. The van der Waals surface area contributed by atoms with Gasteiger partial charge in [0.15, 0.2) is 0 Å². The van der Waals surface area contributed by atoms with Gasteiger partial charge in [0, 0.05) is 29.1 Å². The lowest BCUT2D eigenvalue weighted by Gasteiger charge is -2.17. The van der Waals surface area contributed by atoms with Crippen LogP contribution in [-0.4, -0.2) is 18.4 Å². The normalized spacial score (nSPS) is 11.1. The Hall–Kier alpha value is -1.55. The SMILES string of the molecule is Cc1ccc(NC(=O)CCCNC(=O)C(C)(C)C)cc1Cl. The van der Waals surface area contributed by atoms with Crippen LogP contribution in [0.2, 0.25) is 5.02 Å².